The summed E-state index contributed by atoms with van der Waals surface area (Å²) in [6.07, 6.45) is 2.96. The number of nitrogens with zero attached hydrogens (tertiary/aromatic N) is 2. The number of hydrogen-bond acceptors (Lipinski definition) is 2. The van der Waals surface area contributed by atoms with E-state index in [-0.39, 0.29) is 6.03 Å². The second-order valence-corrected chi connectivity index (χ2v) is 6.57. The minimum Gasteiger partial charge on any atom is -0.338 e. The third-order valence-electron chi connectivity index (χ3n) is 4.18. The van der Waals surface area contributed by atoms with Gasteiger partial charge in [-0.25, -0.2) is 4.79 Å². The van der Waals surface area contributed by atoms with E-state index in [2.05, 4.69) is 39.3 Å². The molecule has 116 valence electrons. The van der Waals surface area contributed by atoms with Gasteiger partial charge in [0.05, 0.1) is 0 Å². The minimum absolute atomic E-state index is 0.0385. The van der Waals surface area contributed by atoms with Crippen LogP contribution in [0.25, 0.3) is 0 Å². The maximum Gasteiger partial charge on any atom is 0.317 e. The minimum atomic E-state index is 0.0385. The molecule has 1 aliphatic rings. The second kappa shape index (κ2) is 7.80. The monoisotopic (exact) mass is 353 g/mol. The molecule has 1 heterocycles. The number of amides is 2. The Hall–Kier alpha value is -1.07. The van der Waals surface area contributed by atoms with E-state index in [0.717, 1.165) is 36.8 Å². The smallest absolute Gasteiger partial charge is 0.317 e. The third-order valence-corrected chi connectivity index (χ3v) is 4.96. The van der Waals surface area contributed by atoms with Crippen LogP contribution in [-0.2, 0) is 6.42 Å². The summed E-state index contributed by atoms with van der Waals surface area (Å²) in [5.41, 5.74) is 1.22. The van der Waals surface area contributed by atoms with Crippen molar-refractivity contribution in [3.05, 3.63) is 34.3 Å². The van der Waals surface area contributed by atoms with Crippen LogP contribution < -0.4 is 5.32 Å². The van der Waals surface area contributed by atoms with E-state index in [1.165, 1.54) is 5.56 Å². The Morgan fingerprint density at radius 2 is 2.05 bits per heavy atom. The molecule has 5 heteroatoms. The van der Waals surface area contributed by atoms with Gasteiger partial charge in [-0.3, -0.25) is 0 Å². The Balaban J connectivity index is 1.75. The van der Waals surface area contributed by atoms with Crippen LogP contribution in [0.3, 0.4) is 0 Å². The highest BCUT2D eigenvalue weighted by Crippen LogP contribution is 2.16. The first kappa shape index (κ1) is 16.3. The summed E-state index contributed by atoms with van der Waals surface area (Å²) in [7, 11) is 4.04. The van der Waals surface area contributed by atoms with Crippen molar-refractivity contribution in [1.82, 2.24) is 15.1 Å². The van der Waals surface area contributed by atoms with Crippen molar-refractivity contribution >= 4 is 22.0 Å². The molecule has 0 saturated carbocycles. The van der Waals surface area contributed by atoms with E-state index in [9.17, 15) is 4.79 Å². The van der Waals surface area contributed by atoms with Gasteiger partial charge in [-0.2, -0.15) is 0 Å². The van der Waals surface area contributed by atoms with Crippen molar-refractivity contribution in [1.29, 1.82) is 0 Å². The number of benzene rings is 1. The first-order valence-corrected chi connectivity index (χ1v) is 8.30. The highest BCUT2D eigenvalue weighted by molar-refractivity contribution is 9.10. The van der Waals surface area contributed by atoms with E-state index in [1.807, 2.05) is 30.1 Å². The van der Waals surface area contributed by atoms with Gasteiger partial charge < -0.3 is 15.1 Å². The SMILES string of the molecule is CN1CCC(N(C)C(=O)NCCc2ccccc2Br)CC1. The Morgan fingerprint density at radius 1 is 1.38 bits per heavy atom. The van der Waals surface area contributed by atoms with Crippen molar-refractivity contribution in [3.63, 3.8) is 0 Å². The summed E-state index contributed by atoms with van der Waals surface area (Å²) in [6.45, 7) is 2.80. The average molecular weight is 354 g/mol. The van der Waals surface area contributed by atoms with Gasteiger partial charge in [0.15, 0.2) is 0 Å². The topological polar surface area (TPSA) is 35.6 Å². The Morgan fingerprint density at radius 3 is 2.71 bits per heavy atom. The number of halogens is 1. The van der Waals surface area contributed by atoms with Gasteiger partial charge in [0, 0.05) is 24.1 Å². The standard InChI is InChI=1S/C16H24BrN3O/c1-19-11-8-14(9-12-19)20(2)16(21)18-10-7-13-5-3-4-6-15(13)17/h3-6,14H,7-12H2,1-2H3,(H,18,21). The van der Waals surface area contributed by atoms with Crippen LogP contribution >= 0.6 is 15.9 Å². The molecule has 21 heavy (non-hydrogen) atoms. The molecule has 1 aromatic rings. The normalized spacial score (nSPS) is 16.7. The quantitative estimate of drug-likeness (QED) is 0.903. The van der Waals surface area contributed by atoms with Crippen molar-refractivity contribution < 1.29 is 4.79 Å². The fraction of sp³-hybridized carbons (Fsp3) is 0.562. The van der Waals surface area contributed by atoms with Crippen LogP contribution in [0.5, 0.6) is 0 Å². The Bertz CT molecular complexity index is 472. The van der Waals surface area contributed by atoms with E-state index in [4.69, 9.17) is 0 Å². The van der Waals surface area contributed by atoms with Crippen molar-refractivity contribution in [2.24, 2.45) is 0 Å². The van der Waals surface area contributed by atoms with Crippen LogP contribution in [0.1, 0.15) is 18.4 Å². The van der Waals surface area contributed by atoms with Crippen LogP contribution in [0.2, 0.25) is 0 Å². The summed E-state index contributed by atoms with van der Waals surface area (Å²) >= 11 is 3.53. The molecule has 0 spiro atoms. The summed E-state index contributed by atoms with van der Waals surface area (Å²) in [6, 6.07) is 8.53. The van der Waals surface area contributed by atoms with Gasteiger partial charge in [0.1, 0.15) is 0 Å². The number of carbonyl (C=O) groups excluding carboxylic acids is 1. The molecular weight excluding hydrogens is 330 g/mol. The molecular formula is C16H24BrN3O. The fourth-order valence-electron chi connectivity index (χ4n) is 2.68. The predicted octanol–water partition coefficient (Wildman–Crippen LogP) is 2.73. The third kappa shape index (κ3) is 4.71. The van der Waals surface area contributed by atoms with Crippen LogP contribution in [0.15, 0.2) is 28.7 Å². The molecule has 1 saturated heterocycles. The first-order chi connectivity index (χ1) is 10.1. The number of hydrogen-bond donors (Lipinski definition) is 1. The molecule has 2 rings (SSSR count). The van der Waals surface area contributed by atoms with Gasteiger partial charge >= 0.3 is 6.03 Å². The fourth-order valence-corrected chi connectivity index (χ4v) is 3.16. The first-order valence-electron chi connectivity index (χ1n) is 7.50. The van der Waals surface area contributed by atoms with Crippen LogP contribution in [0, 0.1) is 0 Å². The lowest BCUT2D eigenvalue weighted by Crippen LogP contribution is -2.48. The molecule has 0 bridgehead atoms. The Kier molecular flexibility index (Phi) is 6.06. The zero-order chi connectivity index (χ0) is 15.2. The molecule has 0 aliphatic carbocycles. The van der Waals surface area contributed by atoms with E-state index in [1.54, 1.807) is 0 Å². The van der Waals surface area contributed by atoms with Crippen molar-refractivity contribution in [2.75, 3.05) is 33.7 Å². The second-order valence-electron chi connectivity index (χ2n) is 5.72. The number of piperidine rings is 1. The molecule has 1 fully saturated rings. The number of urea groups is 1. The van der Waals surface area contributed by atoms with Crippen molar-refractivity contribution in [3.8, 4) is 0 Å². The molecule has 4 nitrogen and oxygen atoms in total. The largest absolute Gasteiger partial charge is 0.338 e. The lowest BCUT2D eigenvalue weighted by molar-refractivity contribution is 0.148. The number of nitrogens with one attached hydrogen (secondary N) is 1. The molecule has 1 aromatic carbocycles. The van der Waals surface area contributed by atoms with Crippen molar-refractivity contribution in [2.45, 2.75) is 25.3 Å². The van der Waals surface area contributed by atoms with Crippen LogP contribution in [0.4, 0.5) is 4.79 Å². The van der Waals surface area contributed by atoms with Gasteiger partial charge in [0.2, 0.25) is 0 Å². The van der Waals surface area contributed by atoms with Gasteiger partial charge in [0.25, 0.3) is 0 Å². The highest BCUT2D eigenvalue weighted by atomic mass is 79.9. The lowest BCUT2D eigenvalue weighted by Gasteiger charge is -2.35. The Labute approximate surface area is 135 Å². The molecule has 0 aromatic heterocycles. The molecule has 1 aliphatic heterocycles. The van der Waals surface area contributed by atoms with Gasteiger partial charge in [-0.1, -0.05) is 34.1 Å². The number of likely N-dealkylation sites (tertiary alicyclic amines) is 1. The molecule has 0 unspecified atom stereocenters. The van der Waals surface area contributed by atoms with E-state index >= 15 is 0 Å². The summed E-state index contributed by atoms with van der Waals surface area (Å²) in [4.78, 5) is 16.4. The molecule has 0 radical (unpaired) electrons. The maximum absolute atomic E-state index is 12.2. The number of carbonyl (C=O) groups is 1. The van der Waals surface area contributed by atoms with Gasteiger partial charge in [-0.15, -0.1) is 0 Å². The predicted molar refractivity (Wildman–Crippen MR) is 89.5 cm³/mol. The number of rotatable bonds is 4. The summed E-state index contributed by atoms with van der Waals surface area (Å²) < 4.78 is 1.10. The lowest BCUT2D eigenvalue weighted by atomic mass is 10.0. The highest BCUT2D eigenvalue weighted by Gasteiger charge is 2.23. The van der Waals surface area contributed by atoms with E-state index in [0.29, 0.717) is 12.6 Å². The molecule has 0 atom stereocenters. The maximum atomic E-state index is 12.2. The summed E-state index contributed by atoms with van der Waals surface area (Å²) in [5, 5.41) is 3.02. The zero-order valence-electron chi connectivity index (χ0n) is 12.8. The summed E-state index contributed by atoms with van der Waals surface area (Å²) in [5.74, 6) is 0. The van der Waals surface area contributed by atoms with Crippen LogP contribution in [-0.4, -0.2) is 55.6 Å². The van der Waals surface area contributed by atoms with E-state index < -0.39 is 0 Å². The molecule has 1 N–H and O–H groups in total. The zero-order valence-corrected chi connectivity index (χ0v) is 14.4. The molecule has 2 amide bonds. The average Bonchev–Trinajstić information content (AvgIpc) is 2.49. The van der Waals surface area contributed by atoms with Gasteiger partial charge in [-0.05, 0) is 51.0 Å².